The molecule has 1 aliphatic heterocycles. The molecule has 0 unspecified atom stereocenters. The molecular formula is C28H24ClN7O4. The number of nitrogens with zero attached hydrogens (tertiary/aromatic N) is 4. The van der Waals surface area contributed by atoms with Crippen molar-refractivity contribution in [3.8, 4) is 11.4 Å². The molecule has 0 spiro atoms. The van der Waals surface area contributed by atoms with Gasteiger partial charge in [0.15, 0.2) is 0 Å². The number of imidazole rings is 2. The summed E-state index contributed by atoms with van der Waals surface area (Å²) < 4.78 is 1.89. The van der Waals surface area contributed by atoms with Crippen LogP contribution in [-0.4, -0.2) is 59.4 Å². The smallest absolute Gasteiger partial charge is 0.261 e. The number of rotatable bonds is 9. The highest BCUT2D eigenvalue weighted by atomic mass is 35.5. The van der Waals surface area contributed by atoms with E-state index in [1.807, 2.05) is 10.8 Å². The monoisotopic (exact) mass is 557 g/mol. The minimum Gasteiger partial charge on any atom is -0.387 e. The summed E-state index contributed by atoms with van der Waals surface area (Å²) >= 11 is 6.04. The fourth-order valence-corrected chi connectivity index (χ4v) is 5.04. The summed E-state index contributed by atoms with van der Waals surface area (Å²) in [5.74, 6) is -0.469. The van der Waals surface area contributed by atoms with E-state index in [0.717, 1.165) is 0 Å². The van der Waals surface area contributed by atoms with Crippen molar-refractivity contribution in [2.75, 3.05) is 18.4 Å². The summed E-state index contributed by atoms with van der Waals surface area (Å²) in [7, 11) is 0. The van der Waals surface area contributed by atoms with Crippen molar-refractivity contribution in [1.82, 2.24) is 29.4 Å². The number of imide groups is 1. The molecule has 12 heteroatoms. The first-order valence-corrected chi connectivity index (χ1v) is 13.0. The average Bonchev–Trinajstić information content (AvgIpc) is 3.66. The Kier molecular flexibility index (Phi) is 6.66. The van der Waals surface area contributed by atoms with E-state index in [4.69, 9.17) is 11.6 Å². The van der Waals surface area contributed by atoms with E-state index in [0.29, 0.717) is 45.8 Å². The first-order chi connectivity index (χ1) is 19.4. The molecule has 1 atom stereocenters. The molecule has 1 aliphatic rings. The van der Waals surface area contributed by atoms with Gasteiger partial charge in [0, 0.05) is 43.2 Å². The molecule has 11 nitrogen and oxygen atoms in total. The van der Waals surface area contributed by atoms with Gasteiger partial charge in [0.2, 0.25) is 0 Å². The highest BCUT2D eigenvalue weighted by Crippen LogP contribution is 2.30. The number of aryl methyl sites for hydroxylation is 1. The van der Waals surface area contributed by atoms with Gasteiger partial charge in [0.25, 0.3) is 17.4 Å². The number of halogens is 1. The Balaban J connectivity index is 1.24. The maximum atomic E-state index is 13.1. The van der Waals surface area contributed by atoms with Crippen LogP contribution in [0, 0.1) is 0 Å². The van der Waals surface area contributed by atoms with E-state index in [2.05, 4.69) is 25.3 Å². The lowest BCUT2D eigenvalue weighted by atomic mass is 10.1. The molecule has 40 heavy (non-hydrogen) atoms. The summed E-state index contributed by atoms with van der Waals surface area (Å²) in [6.07, 6.45) is 6.42. The lowest BCUT2D eigenvalue weighted by molar-refractivity contribution is 0.0650. The fraction of sp³-hybridized carbons (Fsp3) is 0.179. The molecule has 6 rings (SSSR count). The molecule has 4 N–H and O–H groups in total. The first kappa shape index (κ1) is 25.5. The van der Waals surface area contributed by atoms with Gasteiger partial charge in [-0.05, 0) is 42.3 Å². The van der Waals surface area contributed by atoms with E-state index >= 15 is 0 Å². The molecule has 0 saturated heterocycles. The third kappa shape index (κ3) is 4.76. The van der Waals surface area contributed by atoms with Crippen LogP contribution in [0.1, 0.15) is 38.8 Å². The standard InChI is InChI=1S/C28H24ClN7O4/c29-17-4-1-3-16(11-17)23(37)14-32-20-5-6-31-26(38)24(20)25-33-21-12-18-19(13-22(21)34-25)28(40)36(27(18)39)9-2-8-35-10-7-30-15-35/h1,3-7,10-13,15,23,37H,2,8-9,14H2,(H,33,34)(H2,31,32,38)/t23-/m1/s1. The Morgan fingerprint density at radius 3 is 2.65 bits per heavy atom. The number of anilines is 1. The minimum absolute atomic E-state index is 0.116. The van der Waals surface area contributed by atoms with Crippen LogP contribution in [0.15, 0.2) is 72.2 Å². The van der Waals surface area contributed by atoms with Crippen molar-refractivity contribution in [3.63, 3.8) is 0 Å². The third-order valence-corrected chi connectivity index (χ3v) is 7.08. The van der Waals surface area contributed by atoms with Crippen LogP contribution in [0.2, 0.25) is 5.02 Å². The molecule has 0 bridgehead atoms. The number of aromatic amines is 2. The van der Waals surface area contributed by atoms with Crippen molar-refractivity contribution >= 4 is 40.1 Å². The summed E-state index contributed by atoms with van der Waals surface area (Å²) in [4.78, 5) is 54.6. The van der Waals surface area contributed by atoms with Gasteiger partial charge in [-0.25, -0.2) is 9.97 Å². The normalized spacial score (nSPS) is 13.7. The number of benzene rings is 2. The summed E-state index contributed by atoms with van der Waals surface area (Å²) in [6.45, 7) is 1.04. The lowest BCUT2D eigenvalue weighted by Gasteiger charge is -2.15. The number of hydrogen-bond acceptors (Lipinski definition) is 7. The number of hydrogen-bond donors (Lipinski definition) is 4. The zero-order valence-electron chi connectivity index (χ0n) is 21.1. The summed E-state index contributed by atoms with van der Waals surface area (Å²) in [5.41, 5.74) is 2.46. The highest BCUT2D eigenvalue weighted by Gasteiger charge is 2.36. The molecule has 202 valence electrons. The molecule has 2 aromatic carbocycles. The van der Waals surface area contributed by atoms with Crippen LogP contribution >= 0.6 is 11.6 Å². The predicted octanol–water partition coefficient (Wildman–Crippen LogP) is 3.60. The minimum atomic E-state index is -0.871. The van der Waals surface area contributed by atoms with Crippen molar-refractivity contribution < 1.29 is 14.7 Å². The molecule has 0 saturated carbocycles. The molecule has 0 fully saturated rings. The van der Waals surface area contributed by atoms with Crippen molar-refractivity contribution in [2.24, 2.45) is 0 Å². The largest absolute Gasteiger partial charge is 0.387 e. The van der Waals surface area contributed by atoms with Crippen LogP contribution in [0.3, 0.4) is 0 Å². The van der Waals surface area contributed by atoms with Crippen LogP contribution in [-0.2, 0) is 6.54 Å². The topological polar surface area (TPSA) is 149 Å². The number of amides is 2. The number of pyridine rings is 1. The Hall–Kier alpha value is -4.74. The number of nitrogens with one attached hydrogen (secondary N) is 3. The Bertz CT molecular complexity index is 1740. The molecule has 5 aromatic rings. The molecule has 0 aliphatic carbocycles. The number of carbonyl (C=O) groups excluding carboxylic acids is 2. The SMILES string of the molecule is O=C1c2cc3nc(-c4c(NC[C@@H](O)c5cccc(Cl)c5)cc[nH]c4=O)[nH]c3cc2C(=O)N1CCCn1ccnc1. The van der Waals surface area contributed by atoms with Crippen LogP contribution in [0.25, 0.3) is 22.4 Å². The quantitative estimate of drug-likeness (QED) is 0.202. The number of H-pyrrole nitrogens is 2. The molecule has 2 amide bonds. The van der Waals surface area contributed by atoms with Gasteiger partial charge in [-0.15, -0.1) is 0 Å². The van der Waals surface area contributed by atoms with Gasteiger partial charge in [0.05, 0.1) is 40.3 Å². The summed E-state index contributed by atoms with van der Waals surface area (Å²) in [5, 5.41) is 14.2. The number of aliphatic hydroxyl groups is 1. The molecule has 0 radical (unpaired) electrons. The van der Waals surface area contributed by atoms with Crippen LogP contribution in [0.5, 0.6) is 0 Å². The lowest BCUT2D eigenvalue weighted by Crippen LogP contribution is -2.31. The van der Waals surface area contributed by atoms with E-state index in [-0.39, 0.29) is 41.9 Å². The second-order valence-corrected chi connectivity index (χ2v) is 9.90. The Morgan fingerprint density at radius 2 is 1.88 bits per heavy atom. The highest BCUT2D eigenvalue weighted by molar-refractivity contribution is 6.30. The van der Waals surface area contributed by atoms with Gasteiger partial charge in [-0.1, -0.05) is 23.7 Å². The van der Waals surface area contributed by atoms with Crippen molar-refractivity contribution in [3.05, 3.63) is 99.4 Å². The predicted molar refractivity (Wildman–Crippen MR) is 149 cm³/mol. The number of fused-ring (bicyclic) bond motifs is 2. The number of carbonyl (C=O) groups is 2. The average molecular weight is 558 g/mol. The molecule has 3 aromatic heterocycles. The van der Waals surface area contributed by atoms with Crippen LogP contribution in [0.4, 0.5) is 5.69 Å². The van der Waals surface area contributed by atoms with Gasteiger partial charge in [0.1, 0.15) is 11.4 Å². The number of aliphatic hydroxyl groups excluding tert-OH is 1. The van der Waals surface area contributed by atoms with Crippen molar-refractivity contribution in [1.29, 1.82) is 0 Å². The molecule has 4 heterocycles. The second kappa shape index (κ2) is 10.4. The number of aromatic nitrogens is 5. The van der Waals surface area contributed by atoms with E-state index in [1.165, 1.54) is 11.1 Å². The van der Waals surface area contributed by atoms with E-state index < -0.39 is 11.7 Å². The van der Waals surface area contributed by atoms with E-state index in [1.54, 1.807) is 55.0 Å². The molecular weight excluding hydrogens is 534 g/mol. The zero-order chi connectivity index (χ0) is 27.8. The zero-order valence-corrected chi connectivity index (χ0v) is 21.9. The third-order valence-electron chi connectivity index (χ3n) is 6.85. The van der Waals surface area contributed by atoms with Gasteiger partial charge in [-0.3, -0.25) is 19.3 Å². The van der Waals surface area contributed by atoms with E-state index in [9.17, 15) is 19.5 Å². The maximum absolute atomic E-state index is 13.1. The Morgan fingerprint density at radius 1 is 1.05 bits per heavy atom. The van der Waals surface area contributed by atoms with Gasteiger partial charge >= 0.3 is 0 Å². The maximum Gasteiger partial charge on any atom is 0.261 e. The van der Waals surface area contributed by atoms with Crippen LogP contribution < -0.4 is 10.9 Å². The fourth-order valence-electron chi connectivity index (χ4n) is 4.84. The van der Waals surface area contributed by atoms with Crippen molar-refractivity contribution in [2.45, 2.75) is 19.1 Å². The van der Waals surface area contributed by atoms with Gasteiger partial charge < -0.3 is 25.0 Å². The summed E-state index contributed by atoms with van der Waals surface area (Å²) in [6, 6.07) is 11.8. The second-order valence-electron chi connectivity index (χ2n) is 9.46. The first-order valence-electron chi connectivity index (χ1n) is 12.6. The Labute approximate surface area is 232 Å². The van der Waals surface area contributed by atoms with Gasteiger partial charge in [-0.2, -0.15) is 0 Å².